The van der Waals surface area contributed by atoms with E-state index in [2.05, 4.69) is 35.0 Å². The molecule has 6 heteroatoms. The largest absolute Gasteiger partial charge is 0.617 e. The predicted molar refractivity (Wildman–Crippen MR) is 62.7 cm³/mol. The van der Waals surface area contributed by atoms with Crippen LogP contribution in [0.25, 0.3) is 0 Å². The van der Waals surface area contributed by atoms with Crippen LogP contribution in [0.15, 0.2) is 4.99 Å². The molecule has 0 aliphatic heterocycles. The van der Waals surface area contributed by atoms with Gasteiger partial charge < -0.3 is 4.55 Å². The number of thiol groups is 1. The monoisotopic (exact) mass is 236 g/mol. The van der Waals surface area contributed by atoms with Crippen molar-refractivity contribution in [3.63, 3.8) is 0 Å². The van der Waals surface area contributed by atoms with E-state index in [-0.39, 0.29) is 0 Å². The van der Waals surface area contributed by atoms with E-state index >= 15 is 0 Å². The molecule has 13 heavy (non-hydrogen) atoms. The van der Waals surface area contributed by atoms with E-state index in [4.69, 9.17) is 5.26 Å². The fraction of sp³-hybridized carbons (Fsp3) is 0.714. The predicted octanol–water partition coefficient (Wildman–Crippen LogP) is 1.65. The maximum atomic E-state index is 10.5. The molecule has 0 aromatic heterocycles. The molecule has 0 bridgehead atoms. The van der Waals surface area contributed by atoms with Crippen LogP contribution in [0.2, 0.25) is 0 Å². The third-order valence-electron chi connectivity index (χ3n) is 1.02. The van der Waals surface area contributed by atoms with Gasteiger partial charge in [0.05, 0.1) is 11.4 Å². The molecular weight excluding hydrogens is 224 g/mol. The van der Waals surface area contributed by atoms with Crippen molar-refractivity contribution in [1.29, 1.82) is 5.26 Å². The van der Waals surface area contributed by atoms with Gasteiger partial charge in [0.15, 0.2) is 0 Å². The lowest BCUT2D eigenvalue weighted by atomic mass is 10.3. The highest BCUT2D eigenvalue weighted by molar-refractivity contribution is 7.90. The van der Waals surface area contributed by atoms with E-state index in [1.165, 1.54) is 5.40 Å². The third kappa shape index (κ3) is 24.5. The number of thiocyanates is 1. The average Bonchev–Trinajstić information content (AvgIpc) is 2.05. The summed E-state index contributed by atoms with van der Waals surface area (Å²) in [6.07, 6.45) is 3.63. The zero-order valence-electron chi connectivity index (χ0n) is 7.39. The van der Waals surface area contributed by atoms with Crippen molar-refractivity contribution in [2.24, 2.45) is 4.99 Å². The number of nitrogens with zero attached hydrogens (tertiary/aromatic N) is 2. The Balaban J connectivity index is 0. The van der Waals surface area contributed by atoms with Crippen LogP contribution in [-0.4, -0.2) is 28.3 Å². The van der Waals surface area contributed by atoms with Gasteiger partial charge in [-0.2, -0.15) is 5.26 Å². The molecule has 74 valence electrons. The van der Waals surface area contributed by atoms with Crippen LogP contribution >= 0.6 is 24.8 Å². The van der Waals surface area contributed by atoms with E-state index in [1.807, 2.05) is 0 Å². The summed E-state index contributed by atoms with van der Waals surface area (Å²) >= 11 is 6.81. The Morgan fingerprint density at radius 1 is 1.62 bits per heavy atom. The minimum absolute atomic E-state index is 0.659. The van der Waals surface area contributed by atoms with Crippen molar-refractivity contribution in [2.45, 2.75) is 12.8 Å². The zero-order valence-corrected chi connectivity index (χ0v) is 9.92. The first-order valence-corrected chi connectivity index (χ1v) is 6.14. The quantitative estimate of drug-likeness (QED) is 0.197. The Morgan fingerprint density at radius 2 is 2.15 bits per heavy atom. The molecule has 0 fully saturated rings. The lowest BCUT2D eigenvalue weighted by Gasteiger charge is -2.01. The molecule has 3 nitrogen and oxygen atoms in total. The van der Waals surface area contributed by atoms with E-state index in [0.717, 1.165) is 25.1 Å². The van der Waals surface area contributed by atoms with Crippen molar-refractivity contribution >= 4 is 41.2 Å². The summed E-state index contributed by atoms with van der Waals surface area (Å²) in [6, 6.07) is 0. The highest BCUT2D eigenvalue weighted by Crippen LogP contribution is 1.93. The number of isothiocyanates is 1. The van der Waals surface area contributed by atoms with Crippen LogP contribution in [0.4, 0.5) is 0 Å². The Morgan fingerprint density at radius 3 is 2.54 bits per heavy atom. The second-order valence-corrected chi connectivity index (χ2v) is 3.99. The van der Waals surface area contributed by atoms with Gasteiger partial charge >= 0.3 is 0 Å². The molecule has 0 spiro atoms. The normalized spacial score (nSPS) is 10.0. The molecule has 0 rings (SSSR count). The molecule has 0 saturated carbocycles. The van der Waals surface area contributed by atoms with Crippen molar-refractivity contribution in [1.82, 2.24) is 0 Å². The fourth-order valence-corrected chi connectivity index (χ4v) is 1.24. The Labute approximate surface area is 92.8 Å². The summed E-state index contributed by atoms with van der Waals surface area (Å²) in [5.74, 6) is 0.771. The molecule has 0 radical (unpaired) electrons. The maximum absolute atomic E-state index is 10.5. The smallest absolute Gasteiger partial charge is 0.130 e. The van der Waals surface area contributed by atoms with Gasteiger partial charge in [0.2, 0.25) is 0 Å². The van der Waals surface area contributed by atoms with Crippen LogP contribution in [0, 0.1) is 10.7 Å². The van der Waals surface area contributed by atoms with E-state index in [1.54, 1.807) is 6.26 Å². The standard InChI is InChI=1S/C6H11NOS2.CHNS/c1-10(8)5-3-2-4-7-6-9;2-1-3/h2-5H2,1H3;3H/t10-;/m1./s1. The summed E-state index contributed by atoms with van der Waals surface area (Å²) in [5, 5.41) is 10.9. The number of rotatable bonds is 5. The number of nitriles is 1. The SMILES string of the molecule is C[S@@+]([O-])CCCCN=C=S.N#CS. The van der Waals surface area contributed by atoms with Gasteiger partial charge in [0, 0.05) is 6.54 Å². The third-order valence-corrected chi connectivity index (χ3v) is 2.01. The molecule has 0 aliphatic carbocycles. The van der Waals surface area contributed by atoms with E-state index in [9.17, 15) is 4.55 Å². The lowest BCUT2D eigenvalue weighted by Crippen LogP contribution is -2.02. The van der Waals surface area contributed by atoms with Crippen LogP contribution in [-0.2, 0) is 11.2 Å². The van der Waals surface area contributed by atoms with Crippen molar-refractivity contribution in [3.8, 4) is 5.40 Å². The van der Waals surface area contributed by atoms with Gasteiger partial charge in [0.25, 0.3) is 0 Å². The van der Waals surface area contributed by atoms with Gasteiger partial charge in [-0.25, -0.2) is 4.99 Å². The molecular formula is C7H12N2OS3. The molecule has 0 saturated heterocycles. The summed E-state index contributed by atoms with van der Waals surface area (Å²) in [7, 11) is 0. The second kappa shape index (κ2) is 14.5. The molecule has 0 amide bonds. The first kappa shape index (κ1) is 15.4. The molecule has 1 atom stereocenters. The van der Waals surface area contributed by atoms with Gasteiger partial charge in [-0.1, -0.05) is 23.8 Å². The van der Waals surface area contributed by atoms with Crippen LogP contribution in [0.3, 0.4) is 0 Å². The van der Waals surface area contributed by atoms with Crippen molar-refractivity contribution in [3.05, 3.63) is 0 Å². The van der Waals surface area contributed by atoms with Crippen molar-refractivity contribution < 1.29 is 4.55 Å². The van der Waals surface area contributed by atoms with Crippen LogP contribution in [0.5, 0.6) is 0 Å². The maximum Gasteiger partial charge on any atom is 0.130 e. The highest BCUT2D eigenvalue weighted by Gasteiger charge is 1.94. The molecule has 0 aromatic carbocycles. The minimum Gasteiger partial charge on any atom is -0.617 e. The van der Waals surface area contributed by atoms with Crippen LogP contribution in [0.1, 0.15) is 12.8 Å². The first-order valence-electron chi connectivity index (χ1n) is 3.55. The van der Waals surface area contributed by atoms with Gasteiger partial charge in [-0.05, 0) is 25.1 Å². The molecule has 0 heterocycles. The lowest BCUT2D eigenvalue weighted by molar-refractivity contribution is 0.596. The zero-order chi connectivity index (χ0) is 10.5. The van der Waals surface area contributed by atoms with Gasteiger partial charge in [0.1, 0.15) is 11.2 Å². The highest BCUT2D eigenvalue weighted by atomic mass is 32.2. The van der Waals surface area contributed by atoms with Crippen LogP contribution < -0.4 is 0 Å². The Hall–Kier alpha value is -0.0500. The Kier molecular flexibility index (Phi) is 17.2. The summed E-state index contributed by atoms with van der Waals surface area (Å²) < 4.78 is 10.5. The number of unbranched alkanes of at least 4 members (excludes halogenated alkanes) is 1. The molecule has 0 N–H and O–H groups in total. The van der Waals surface area contributed by atoms with Gasteiger partial charge in [-0.3, -0.25) is 0 Å². The molecule has 0 aliphatic rings. The molecule has 0 aromatic rings. The topological polar surface area (TPSA) is 59.2 Å². The minimum atomic E-state index is -0.659. The van der Waals surface area contributed by atoms with Crippen molar-refractivity contribution in [2.75, 3.05) is 18.6 Å². The Bertz CT molecular complexity index is 185. The number of hydrogen-bond donors (Lipinski definition) is 1. The molecule has 0 unspecified atom stereocenters. The number of aliphatic imine (C=N–C) groups is 1. The summed E-state index contributed by atoms with van der Waals surface area (Å²) in [6.45, 7) is 0.723. The number of hydrogen-bond acceptors (Lipinski definition) is 5. The summed E-state index contributed by atoms with van der Waals surface area (Å²) in [4.78, 5) is 3.73. The average molecular weight is 236 g/mol. The van der Waals surface area contributed by atoms with E-state index < -0.39 is 11.2 Å². The fourth-order valence-electron chi connectivity index (χ4n) is 0.542. The second-order valence-electron chi connectivity index (χ2n) is 2.06. The van der Waals surface area contributed by atoms with E-state index in [0.29, 0.717) is 0 Å². The first-order chi connectivity index (χ1) is 6.18. The van der Waals surface area contributed by atoms with Gasteiger partial charge in [-0.15, -0.1) is 0 Å². The summed E-state index contributed by atoms with van der Waals surface area (Å²) in [5.41, 5.74) is 0. The number of thiocarbonyl (C=S) groups is 1.